The Hall–Kier alpha value is -6.15. The van der Waals surface area contributed by atoms with Crippen LogP contribution in [0.3, 0.4) is 0 Å². The first kappa shape index (κ1) is 26.1. The van der Waals surface area contributed by atoms with Gasteiger partial charge in [0.2, 0.25) is 0 Å². The Kier molecular flexibility index (Phi) is 5.51. The van der Waals surface area contributed by atoms with Crippen molar-refractivity contribution in [3.8, 4) is 28.6 Å². The van der Waals surface area contributed by atoms with Crippen molar-refractivity contribution in [2.24, 2.45) is 0 Å². The first-order chi connectivity index (χ1) is 23.3. The highest BCUT2D eigenvalue weighted by molar-refractivity contribution is 7.26. The van der Waals surface area contributed by atoms with Crippen LogP contribution in [0.15, 0.2) is 152 Å². The summed E-state index contributed by atoms with van der Waals surface area (Å²) < 4.78 is 7.22. The van der Waals surface area contributed by atoms with Gasteiger partial charge in [0.25, 0.3) is 0 Å². The zero-order valence-corrected chi connectivity index (χ0v) is 26.0. The van der Waals surface area contributed by atoms with Crippen LogP contribution in [-0.4, -0.2) is 9.13 Å². The predicted molar refractivity (Wildman–Crippen MR) is 198 cm³/mol. The SMILES string of the molecule is N#Cc1cccc(-c2ccc3sc4c(ccc5c6ccccc6n(-c6ccccc6)c54)c3c2)c1-n1c2ccccc2c2ccccc21. The van der Waals surface area contributed by atoms with Crippen molar-refractivity contribution in [2.45, 2.75) is 0 Å². The number of thiophene rings is 1. The summed E-state index contributed by atoms with van der Waals surface area (Å²) in [6, 6.07) is 56.3. The van der Waals surface area contributed by atoms with Crippen molar-refractivity contribution in [1.82, 2.24) is 9.13 Å². The van der Waals surface area contributed by atoms with E-state index in [1.165, 1.54) is 52.8 Å². The maximum atomic E-state index is 10.4. The molecule has 0 bridgehead atoms. The van der Waals surface area contributed by atoms with E-state index in [0.717, 1.165) is 33.5 Å². The zero-order chi connectivity index (χ0) is 31.1. The monoisotopic (exact) mass is 615 g/mol. The molecule has 0 radical (unpaired) electrons. The van der Waals surface area contributed by atoms with Crippen LogP contribution in [0.1, 0.15) is 5.56 Å². The third-order valence-electron chi connectivity index (χ3n) is 9.56. The minimum absolute atomic E-state index is 0.651. The van der Waals surface area contributed by atoms with Crippen LogP contribution in [0.5, 0.6) is 0 Å². The highest BCUT2D eigenvalue weighted by atomic mass is 32.1. The van der Waals surface area contributed by atoms with Crippen molar-refractivity contribution in [3.63, 3.8) is 0 Å². The minimum Gasteiger partial charge on any atom is -0.308 e. The van der Waals surface area contributed by atoms with Gasteiger partial charge in [-0.2, -0.15) is 5.26 Å². The largest absolute Gasteiger partial charge is 0.308 e. The third-order valence-corrected chi connectivity index (χ3v) is 10.8. The Morgan fingerprint density at radius 2 is 1.11 bits per heavy atom. The van der Waals surface area contributed by atoms with E-state index in [2.05, 4.69) is 155 Å². The second-order valence-electron chi connectivity index (χ2n) is 12.0. The summed E-state index contributed by atoms with van der Waals surface area (Å²) in [7, 11) is 0. The molecule has 3 aromatic heterocycles. The van der Waals surface area contributed by atoms with Crippen molar-refractivity contribution in [1.29, 1.82) is 5.26 Å². The molecule has 0 saturated heterocycles. The summed E-state index contributed by atoms with van der Waals surface area (Å²) in [6.45, 7) is 0. The molecule has 3 nitrogen and oxygen atoms in total. The van der Waals surface area contributed by atoms with E-state index in [1.54, 1.807) is 0 Å². The van der Waals surface area contributed by atoms with Gasteiger partial charge in [-0.3, -0.25) is 0 Å². The standard InChI is InChI=1S/C43H25N3S/c44-26-28-11-10-17-30(41(28)46-38-19-8-4-14-31(38)32-15-5-9-20-39(32)46)27-21-24-40-36(25-27)35-23-22-34-33-16-6-7-18-37(33)45(42(34)43(35)47-40)29-12-2-1-3-13-29/h1-25H. The Bertz CT molecular complexity index is 2860. The van der Waals surface area contributed by atoms with Gasteiger partial charge in [0.05, 0.1) is 38.0 Å². The lowest BCUT2D eigenvalue weighted by atomic mass is 9.98. The molecule has 4 heteroatoms. The molecule has 10 aromatic rings. The van der Waals surface area contributed by atoms with Gasteiger partial charge in [0, 0.05) is 48.3 Å². The van der Waals surface area contributed by atoms with Gasteiger partial charge >= 0.3 is 0 Å². The van der Waals surface area contributed by atoms with Crippen molar-refractivity contribution in [2.75, 3.05) is 0 Å². The van der Waals surface area contributed by atoms with Crippen LogP contribution in [-0.2, 0) is 0 Å². The highest BCUT2D eigenvalue weighted by Crippen LogP contribution is 2.45. The minimum atomic E-state index is 0.651. The fourth-order valence-electron chi connectivity index (χ4n) is 7.57. The first-order valence-electron chi connectivity index (χ1n) is 15.8. The Balaban J connectivity index is 1.27. The molecule has 0 spiro atoms. The molecule has 0 unspecified atom stereocenters. The van der Waals surface area contributed by atoms with Gasteiger partial charge in [0.1, 0.15) is 6.07 Å². The molecule has 0 aliphatic heterocycles. The number of hydrogen-bond acceptors (Lipinski definition) is 2. The molecule has 0 aliphatic carbocycles. The Labute approximate surface area is 274 Å². The molecule has 0 amide bonds. The summed E-state index contributed by atoms with van der Waals surface area (Å²) in [4.78, 5) is 0. The van der Waals surface area contributed by atoms with Gasteiger partial charge in [-0.1, -0.05) is 103 Å². The number of fused-ring (bicyclic) bond motifs is 10. The van der Waals surface area contributed by atoms with Gasteiger partial charge < -0.3 is 9.13 Å². The number of nitrogens with zero attached hydrogens (tertiary/aromatic N) is 3. The molecular weight excluding hydrogens is 591 g/mol. The molecular formula is C43H25N3S. The predicted octanol–water partition coefficient (Wildman–Crippen LogP) is 11.8. The van der Waals surface area contributed by atoms with Crippen LogP contribution in [0.25, 0.3) is 86.3 Å². The molecule has 0 saturated carbocycles. The Morgan fingerprint density at radius 3 is 1.81 bits per heavy atom. The fourth-order valence-corrected chi connectivity index (χ4v) is 8.79. The van der Waals surface area contributed by atoms with Crippen molar-refractivity contribution >= 4 is 75.1 Å². The van der Waals surface area contributed by atoms with E-state index >= 15 is 0 Å². The lowest BCUT2D eigenvalue weighted by Crippen LogP contribution is -2.00. The fraction of sp³-hybridized carbons (Fsp3) is 0. The number of benzene rings is 7. The zero-order valence-electron chi connectivity index (χ0n) is 25.2. The van der Waals surface area contributed by atoms with Crippen LogP contribution in [0.2, 0.25) is 0 Å². The third kappa shape index (κ3) is 3.66. The van der Waals surface area contributed by atoms with Crippen LogP contribution in [0, 0.1) is 11.3 Å². The van der Waals surface area contributed by atoms with Crippen molar-refractivity contribution in [3.05, 3.63) is 157 Å². The molecule has 0 fully saturated rings. The number of nitriles is 1. The maximum absolute atomic E-state index is 10.4. The summed E-state index contributed by atoms with van der Waals surface area (Å²) in [6.07, 6.45) is 0. The number of para-hydroxylation sites is 5. The molecule has 10 rings (SSSR count). The van der Waals surface area contributed by atoms with Gasteiger partial charge in [0.15, 0.2) is 0 Å². The molecule has 0 atom stereocenters. The lowest BCUT2D eigenvalue weighted by Gasteiger charge is -2.16. The topological polar surface area (TPSA) is 33.6 Å². The molecule has 7 aromatic carbocycles. The smallest absolute Gasteiger partial charge is 0.101 e. The summed E-state index contributed by atoms with van der Waals surface area (Å²) in [5.74, 6) is 0. The molecule has 3 heterocycles. The highest BCUT2D eigenvalue weighted by Gasteiger charge is 2.21. The van der Waals surface area contributed by atoms with Crippen molar-refractivity contribution < 1.29 is 0 Å². The van der Waals surface area contributed by atoms with Gasteiger partial charge in [-0.25, -0.2) is 0 Å². The number of aromatic nitrogens is 2. The normalized spacial score (nSPS) is 11.8. The van der Waals surface area contributed by atoms with Crippen LogP contribution in [0.4, 0.5) is 0 Å². The van der Waals surface area contributed by atoms with E-state index in [4.69, 9.17) is 0 Å². The van der Waals surface area contributed by atoms with Crippen LogP contribution >= 0.6 is 11.3 Å². The maximum Gasteiger partial charge on any atom is 0.101 e. The summed E-state index contributed by atoms with van der Waals surface area (Å²) in [5, 5.41) is 17.8. The summed E-state index contributed by atoms with van der Waals surface area (Å²) in [5.41, 5.74) is 9.50. The van der Waals surface area contributed by atoms with Gasteiger partial charge in [-0.15, -0.1) is 11.3 Å². The molecule has 0 aliphatic rings. The first-order valence-corrected chi connectivity index (χ1v) is 16.6. The van der Waals surface area contributed by atoms with Gasteiger partial charge in [-0.05, 0) is 54.1 Å². The van der Waals surface area contributed by atoms with Crippen LogP contribution < -0.4 is 0 Å². The van der Waals surface area contributed by atoms with E-state index in [1.807, 2.05) is 23.5 Å². The molecule has 218 valence electrons. The average Bonchev–Trinajstić information content (AvgIpc) is 3.79. The second kappa shape index (κ2) is 9.92. The van der Waals surface area contributed by atoms with E-state index in [0.29, 0.717) is 5.56 Å². The van der Waals surface area contributed by atoms with E-state index in [-0.39, 0.29) is 0 Å². The number of hydrogen-bond donors (Lipinski definition) is 0. The molecule has 0 N–H and O–H groups in total. The lowest BCUT2D eigenvalue weighted by molar-refractivity contribution is 1.17. The quantitative estimate of drug-likeness (QED) is 0.195. The average molecular weight is 616 g/mol. The number of rotatable bonds is 3. The van der Waals surface area contributed by atoms with E-state index in [9.17, 15) is 5.26 Å². The summed E-state index contributed by atoms with van der Waals surface area (Å²) >= 11 is 1.85. The Morgan fingerprint density at radius 1 is 0.489 bits per heavy atom. The molecule has 47 heavy (non-hydrogen) atoms. The second-order valence-corrected chi connectivity index (χ2v) is 13.1. The van der Waals surface area contributed by atoms with E-state index < -0.39 is 0 Å².